The maximum absolute atomic E-state index is 12.8. The minimum Gasteiger partial charge on any atom is -0.365 e. The molecule has 4 aromatic rings. The Labute approximate surface area is 173 Å². The third-order valence-electron chi connectivity index (χ3n) is 4.92. The average molecular weight is 399 g/mol. The molecule has 0 atom stereocenters. The number of fused-ring (bicyclic) bond motifs is 1. The summed E-state index contributed by atoms with van der Waals surface area (Å²) < 4.78 is 1.43. The van der Waals surface area contributed by atoms with Crippen LogP contribution in [-0.4, -0.2) is 25.3 Å². The SMILES string of the molecule is CC(=O)c1ccc(-c2cc3ncn(C)c(=O)c3c(NCc3ccc(C)nc3)n2)cc1. The van der Waals surface area contributed by atoms with Crippen molar-refractivity contribution < 1.29 is 4.79 Å². The molecule has 1 aromatic carbocycles. The monoisotopic (exact) mass is 399 g/mol. The van der Waals surface area contributed by atoms with Crippen molar-refractivity contribution in [1.82, 2.24) is 19.5 Å². The molecule has 3 aromatic heterocycles. The number of hydrogen-bond donors (Lipinski definition) is 1. The predicted octanol–water partition coefficient (Wildman–Crippen LogP) is 3.51. The van der Waals surface area contributed by atoms with Crippen LogP contribution < -0.4 is 10.9 Å². The Kier molecular flexibility index (Phi) is 5.10. The van der Waals surface area contributed by atoms with Crippen LogP contribution in [0, 0.1) is 6.92 Å². The van der Waals surface area contributed by atoms with Gasteiger partial charge in [0.25, 0.3) is 5.56 Å². The van der Waals surface area contributed by atoms with E-state index in [0.29, 0.717) is 34.5 Å². The number of nitrogens with zero attached hydrogens (tertiary/aromatic N) is 4. The number of hydrogen-bond acceptors (Lipinski definition) is 6. The molecule has 0 radical (unpaired) electrons. The lowest BCUT2D eigenvalue weighted by Gasteiger charge is -2.12. The molecule has 0 fully saturated rings. The highest BCUT2D eigenvalue weighted by atomic mass is 16.1. The highest BCUT2D eigenvalue weighted by Gasteiger charge is 2.13. The maximum Gasteiger partial charge on any atom is 0.264 e. The summed E-state index contributed by atoms with van der Waals surface area (Å²) in [6.45, 7) is 3.94. The molecule has 0 saturated heterocycles. The van der Waals surface area contributed by atoms with Crippen LogP contribution >= 0.6 is 0 Å². The molecule has 7 nitrogen and oxygen atoms in total. The summed E-state index contributed by atoms with van der Waals surface area (Å²) in [5.41, 5.74) is 4.45. The van der Waals surface area contributed by atoms with Crippen molar-refractivity contribution in [3.63, 3.8) is 0 Å². The molecule has 1 N–H and O–H groups in total. The third kappa shape index (κ3) is 3.82. The first kappa shape index (κ1) is 19.4. The highest BCUT2D eigenvalue weighted by molar-refractivity contribution is 5.95. The Balaban J connectivity index is 1.79. The second-order valence-electron chi connectivity index (χ2n) is 7.21. The van der Waals surface area contributed by atoms with E-state index < -0.39 is 0 Å². The standard InChI is InChI=1S/C23H21N5O2/c1-14-4-5-16(11-24-14)12-25-22-21-20(26-13-28(3)23(21)30)10-19(27-22)18-8-6-17(7-9-18)15(2)29/h4-11,13H,12H2,1-3H3,(H,25,27). The fourth-order valence-electron chi connectivity index (χ4n) is 3.16. The number of aromatic nitrogens is 4. The smallest absolute Gasteiger partial charge is 0.264 e. The van der Waals surface area contributed by atoms with E-state index in [2.05, 4.69) is 15.3 Å². The Morgan fingerprint density at radius 3 is 2.53 bits per heavy atom. The number of rotatable bonds is 5. The van der Waals surface area contributed by atoms with E-state index in [1.54, 1.807) is 31.4 Å². The Morgan fingerprint density at radius 1 is 1.10 bits per heavy atom. The Hall–Kier alpha value is -3.87. The number of anilines is 1. The first-order valence-electron chi connectivity index (χ1n) is 9.55. The van der Waals surface area contributed by atoms with E-state index in [0.717, 1.165) is 16.8 Å². The van der Waals surface area contributed by atoms with Crippen LogP contribution in [-0.2, 0) is 13.6 Å². The van der Waals surface area contributed by atoms with Gasteiger partial charge < -0.3 is 9.88 Å². The lowest BCUT2D eigenvalue weighted by Crippen LogP contribution is -2.19. The van der Waals surface area contributed by atoms with Crippen LogP contribution in [0.1, 0.15) is 28.5 Å². The number of carbonyl (C=O) groups excluding carboxylic acids is 1. The van der Waals surface area contributed by atoms with E-state index in [-0.39, 0.29) is 11.3 Å². The van der Waals surface area contributed by atoms with Crippen molar-refractivity contribution in [3.05, 3.63) is 82.2 Å². The molecular formula is C23H21N5O2. The fourth-order valence-corrected chi connectivity index (χ4v) is 3.16. The van der Waals surface area contributed by atoms with Crippen LogP contribution in [0.3, 0.4) is 0 Å². The van der Waals surface area contributed by atoms with Gasteiger partial charge in [-0.15, -0.1) is 0 Å². The van der Waals surface area contributed by atoms with E-state index in [4.69, 9.17) is 4.98 Å². The molecule has 0 bridgehead atoms. The van der Waals surface area contributed by atoms with E-state index in [1.165, 1.54) is 17.8 Å². The predicted molar refractivity (Wildman–Crippen MR) is 117 cm³/mol. The summed E-state index contributed by atoms with van der Waals surface area (Å²) in [5, 5.41) is 3.71. The molecule has 0 amide bonds. The van der Waals surface area contributed by atoms with Gasteiger partial charge in [-0.25, -0.2) is 9.97 Å². The van der Waals surface area contributed by atoms with Gasteiger partial charge in [-0.2, -0.15) is 0 Å². The molecule has 150 valence electrons. The van der Waals surface area contributed by atoms with Crippen LogP contribution in [0.5, 0.6) is 0 Å². The highest BCUT2D eigenvalue weighted by Crippen LogP contribution is 2.25. The summed E-state index contributed by atoms with van der Waals surface area (Å²) in [4.78, 5) is 37.8. The van der Waals surface area contributed by atoms with E-state index in [1.807, 2.05) is 31.2 Å². The Morgan fingerprint density at radius 2 is 1.87 bits per heavy atom. The Bertz CT molecular complexity index is 1290. The zero-order valence-electron chi connectivity index (χ0n) is 17.0. The molecule has 0 unspecified atom stereocenters. The largest absolute Gasteiger partial charge is 0.365 e. The molecule has 0 aliphatic rings. The van der Waals surface area contributed by atoms with Crippen molar-refractivity contribution in [3.8, 4) is 11.3 Å². The quantitative estimate of drug-likeness (QED) is 0.517. The molecule has 7 heteroatoms. The third-order valence-corrected chi connectivity index (χ3v) is 4.92. The van der Waals surface area contributed by atoms with Gasteiger partial charge in [0.1, 0.15) is 11.2 Å². The number of pyridine rings is 2. The number of aryl methyl sites for hydroxylation is 2. The molecule has 0 saturated carbocycles. The van der Waals surface area contributed by atoms with Gasteiger partial charge in [0, 0.05) is 36.6 Å². The molecule has 30 heavy (non-hydrogen) atoms. The summed E-state index contributed by atoms with van der Waals surface area (Å²) in [5.74, 6) is 0.472. The number of benzene rings is 1. The van der Waals surface area contributed by atoms with Crippen molar-refractivity contribution in [2.75, 3.05) is 5.32 Å². The first-order valence-corrected chi connectivity index (χ1v) is 9.55. The topological polar surface area (TPSA) is 89.8 Å². The summed E-state index contributed by atoms with van der Waals surface area (Å²) in [7, 11) is 1.66. The number of Topliss-reactive ketones (excluding diaryl/α,β-unsaturated/α-hetero) is 1. The molecule has 0 spiro atoms. The summed E-state index contributed by atoms with van der Waals surface area (Å²) in [6.07, 6.45) is 3.30. The van der Waals surface area contributed by atoms with Crippen LogP contribution in [0.15, 0.2) is 59.8 Å². The zero-order chi connectivity index (χ0) is 21.3. The minimum atomic E-state index is -0.171. The van der Waals surface area contributed by atoms with Gasteiger partial charge >= 0.3 is 0 Å². The number of carbonyl (C=O) groups is 1. The second kappa shape index (κ2) is 7.87. The van der Waals surface area contributed by atoms with Crippen LogP contribution in [0.25, 0.3) is 22.2 Å². The lowest BCUT2D eigenvalue weighted by atomic mass is 10.1. The average Bonchev–Trinajstić information content (AvgIpc) is 2.75. The molecular weight excluding hydrogens is 378 g/mol. The van der Waals surface area contributed by atoms with Gasteiger partial charge in [0.15, 0.2) is 5.78 Å². The molecule has 0 aliphatic carbocycles. The van der Waals surface area contributed by atoms with Crippen LogP contribution in [0.4, 0.5) is 5.82 Å². The normalized spacial score (nSPS) is 10.9. The maximum atomic E-state index is 12.8. The second-order valence-corrected chi connectivity index (χ2v) is 7.21. The molecule has 0 aliphatic heterocycles. The van der Waals surface area contributed by atoms with Gasteiger partial charge in [0.05, 0.1) is 17.5 Å². The van der Waals surface area contributed by atoms with Gasteiger partial charge in [-0.3, -0.25) is 14.6 Å². The summed E-state index contributed by atoms with van der Waals surface area (Å²) in [6, 6.07) is 12.9. The van der Waals surface area contributed by atoms with Crippen molar-refractivity contribution >= 4 is 22.5 Å². The molecule has 3 heterocycles. The van der Waals surface area contributed by atoms with Crippen LogP contribution in [0.2, 0.25) is 0 Å². The first-order chi connectivity index (χ1) is 14.4. The number of nitrogens with one attached hydrogen (secondary N) is 1. The van der Waals surface area contributed by atoms with Gasteiger partial charge in [-0.1, -0.05) is 30.3 Å². The van der Waals surface area contributed by atoms with Crippen molar-refractivity contribution in [2.24, 2.45) is 7.05 Å². The van der Waals surface area contributed by atoms with E-state index in [9.17, 15) is 9.59 Å². The van der Waals surface area contributed by atoms with Gasteiger partial charge in [-0.05, 0) is 31.5 Å². The fraction of sp³-hybridized carbons (Fsp3) is 0.174. The van der Waals surface area contributed by atoms with Gasteiger partial charge in [0.2, 0.25) is 0 Å². The minimum absolute atomic E-state index is 0.00671. The lowest BCUT2D eigenvalue weighted by molar-refractivity contribution is 0.101. The zero-order valence-corrected chi connectivity index (χ0v) is 17.0. The van der Waals surface area contributed by atoms with E-state index >= 15 is 0 Å². The molecule has 4 rings (SSSR count). The van der Waals surface area contributed by atoms with Crippen molar-refractivity contribution in [2.45, 2.75) is 20.4 Å². The summed E-state index contributed by atoms with van der Waals surface area (Å²) >= 11 is 0. The van der Waals surface area contributed by atoms with Crippen molar-refractivity contribution in [1.29, 1.82) is 0 Å². The number of ketones is 1.